The Labute approximate surface area is 330 Å². The van der Waals surface area contributed by atoms with E-state index in [1.807, 2.05) is 66.7 Å². The first kappa shape index (κ1) is 31.6. The summed E-state index contributed by atoms with van der Waals surface area (Å²) in [6.07, 6.45) is 0. The van der Waals surface area contributed by atoms with Crippen molar-refractivity contribution in [1.29, 1.82) is 0 Å². The summed E-state index contributed by atoms with van der Waals surface area (Å²) < 4.78 is 13.1. The van der Waals surface area contributed by atoms with Crippen LogP contribution in [0.15, 0.2) is 182 Å². The molecule has 3 aliphatic rings. The molecule has 264 valence electrons. The molecule has 2 aliphatic carbocycles. The topological polar surface area (TPSA) is 44.2 Å². The minimum absolute atomic E-state index is 0.563. The molecule has 0 N–H and O–H groups in total. The summed E-state index contributed by atoms with van der Waals surface area (Å²) >= 11 is 0. The van der Waals surface area contributed by atoms with E-state index in [0.717, 1.165) is 67.8 Å². The second kappa shape index (κ2) is 12.1. The lowest BCUT2D eigenvalue weighted by molar-refractivity contribution is 0.359. The lowest BCUT2D eigenvalue weighted by atomic mass is 9.70. The molecule has 0 atom stereocenters. The third kappa shape index (κ3) is 4.70. The molecule has 0 amide bonds. The lowest BCUT2D eigenvalue weighted by Crippen LogP contribution is -2.26. The zero-order valence-corrected chi connectivity index (χ0v) is 30.5. The number of hydrogen-bond donors (Lipinski definition) is 0. The van der Waals surface area contributed by atoms with Crippen molar-refractivity contribution in [3.8, 4) is 90.3 Å². The van der Waals surface area contributed by atoms with Crippen LogP contribution in [0, 0.1) is 12.1 Å². The normalized spacial score (nSPS) is 13.2. The van der Waals surface area contributed by atoms with Crippen LogP contribution < -0.4 is 9.47 Å². The summed E-state index contributed by atoms with van der Waals surface area (Å²) in [5.41, 5.74) is 16.1. The first-order chi connectivity index (χ1) is 28.2. The number of hydrogen-bond acceptors (Lipinski definition) is 4. The standard InChI is InChI=1S/C53H30N2O2/c1-3-14-33(15-4-1)46-32-47(34-16-5-2-6-17-34)55-52(54-46)37-19-13-18-35(28-37)36-26-27-40-41-30-50-51(57-49-25-12-11-24-48(49)56-50)31-45(41)53(44(40)29-36)42-22-9-7-20-38(42)39-21-8-10-23-43(39)53/h1,3-5,7-32H. The third-order valence-corrected chi connectivity index (χ3v) is 11.6. The fourth-order valence-corrected chi connectivity index (χ4v) is 9.16. The van der Waals surface area contributed by atoms with Crippen LogP contribution in [0.1, 0.15) is 22.3 Å². The molecular weight excluding hydrogens is 697 g/mol. The second-order valence-electron chi connectivity index (χ2n) is 14.7. The van der Waals surface area contributed by atoms with Crippen molar-refractivity contribution in [2.45, 2.75) is 5.41 Å². The first-order valence-electron chi connectivity index (χ1n) is 19.1. The van der Waals surface area contributed by atoms with E-state index in [-0.39, 0.29) is 0 Å². The van der Waals surface area contributed by atoms with Crippen molar-refractivity contribution in [3.05, 3.63) is 216 Å². The van der Waals surface area contributed by atoms with Crippen molar-refractivity contribution >= 4 is 0 Å². The zero-order valence-electron chi connectivity index (χ0n) is 30.5. The molecule has 4 heteroatoms. The monoisotopic (exact) mass is 726 g/mol. The molecule has 4 nitrogen and oxygen atoms in total. The van der Waals surface area contributed by atoms with Crippen LogP contribution in [0.5, 0.6) is 23.0 Å². The van der Waals surface area contributed by atoms with Gasteiger partial charge in [0.05, 0.1) is 16.8 Å². The first-order valence-corrected chi connectivity index (χ1v) is 19.1. The lowest BCUT2D eigenvalue weighted by Gasteiger charge is -2.31. The van der Waals surface area contributed by atoms with E-state index in [2.05, 4.69) is 127 Å². The van der Waals surface area contributed by atoms with Crippen molar-refractivity contribution in [3.63, 3.8) is 0 Å². The minimum Gasteiger partial charge on any atom is -0.450 e. The van der Waals surface area contributed by atoms with Gasteiger partial charge in [-0.15, -0.1) is 0 Å². The summed E-state index contributed by atoms with van der Waals surface area (Å²) in [6, 6.07) is 69.7. The predicted octanol–water partition coefficient (Wildman–Crippen LogP) is 13.0. The Bertz CT molecular complexity index is 2980. The fraction of sp³-hybridized carbons (Fsp3) is 0.0189. The average molecular weight is 727 g/mol. The fourth-order valence-electron chi connectivity index (χ4n) is 9.16. The number of benzene rings is 7. The van der Waals surface area contributed by atoms with Gasteiger partial charge < -0.3 is 9.47 Å². The molecule has 0 bridgehead atoms. The summed E-state index contributed by atoms with van der Waals surface area (Å²) in [5.74, 6) is 3.54. The third-order valence-electron chi connectivity index (χ3n) is 11.6. The molecule has 0 saturated carbocycles. The second-order valence-corrected chi connectivity index (χ2v) is 14.7. The van der Waals surface area contributed by atoms with Crippen LogP contribution >= 0.6 is 0 Å². The van der Waals surface area contributed by atoms with Crippen LogP contribution in [-0.4, -0.2) is 9.97 Å². The van der Waals surface area contributed by atoms with Crippen LogP contribution in [0.4, 0.5) is 0 Å². The summed E-state index contributed by atoms with van der Waals surface area (Å²) in [6.45, 7) is 0. The number of fused-ring (bicyclic) bond motifs is 12. The Balaban J connectivity index is 1.05. The Morgan fingerprint density at radius 3 is 1.70 bits per heavy atom. The molecular formula is C53H30N2O2. The van der Waals surface area contributed by atoms with E-state index in [1.54, 1.807) is 0 Å². The maximum atomic E-state index is 6.56. The Morgan fingerprint density at radius 2 is 0.965 bits per heavy atom. The Kier molecular flexibility index (Phi) is 6.72. The molecule has 57 heavy (non-hydrogen) atoms. The van der Waals surface area contributed by atoms with Crippen molar-refractivity contribution in [2.24, 2.45) is 0 Å². The van der Waals surface area contributed by atoms with Gasteiger partial charge in [0.25, 0.3) is 0 Å². The molecule has 0 fully saturated rings. The van der Waals surface area contributed by atoms with Crippen LogP contribution in [0.3, 0.4) is 0 Å². The quantitative estimate of drug-likeness (QED) is 0.181. The molecule has 1 aliphatic heterocycles. The largest absolute Gasteiger partial charge is 0.450 e. The van der Waals surface area contributed by atoms with E-state index in [4.69, 9.17) is 19.4 Å². The number of rotatable bonds is 4. The van der Waals surface area contributed by atoms with Gasteiger partial charge in [-0.2, -0.15) is 0 Å². The van der Waals surface area contributed by atoms with Gasteiger partial charge in [0, 0.05) is 16.7 Å². The van der Waals surface area contributed by atoms with E-state index in [9.17, 15) is 0 Å². The van der Waals surface area contributed by atoms with Gasteiger partial charge in [0.2, 0.25) is 0 Å². The predicted molar refractivity (Wildman–Crippen MR) is 224 cm³/mol. The zero-order chi connectivity index (χ0) is 37.5. The molecule has 0 saturated heterocycles. The highest BCUT2D eigenvalue weighted by Crippen LogP contribution is 2.65. The highest BCUT2D eigenvalue weighted by molar-refractivity contribution is 5.97. The highest BCUT2D eigenvalue weighted by Gasteiger charge is 2.52. The number of aromatic nitrogens is 2. The SMILES string of the molecule is c1ccc(-c2cc(-c3ccccc3)nc(-c3cccc(-c4ccc5c(c4)C4(c6ccccc6-c6ccccc64)c4cc6c(cc4-5)Oc4ccccc4O6)c3)n2)cc#1. The molecule has 0 unspecified atom stereocenters. The Hall–Kier alpha value is -7.74. The van der Waals surface area contributed by atoms with Crippen molar-refractivity contribution < 1.29 is 9.47 Å². The number of ether oxygens (including phenoxy) is 2. The van der Waals surface area contributed by atoms with Crippen molar-refractivity contribution in [2.75, 3.05) is 0 Å². The van der Waals surface area contributed by atoms with Crippen LogP contribution in [0.25, 0.3) is 67.3 Å². The molecule has 1 aromatic heterocycles. The summed E-state index contributed by atoms with van der Waals surface area (Å²) in [7, 11) is 0. The van der Waals surface area contributed by atoms with E-state index in [0.29, 0.717) is 5.82 Å². The summed E-state index contributed by atoms with van der Waals surface area (Å²) in [5, 5.41) is 0. The van der Waals surface area contributed by atoms with Gasteiger partial charge in [-0.25, -0.2) is 9.97 Å². The van der Waals surface area contributed by atoms with Crippen LogP contribution in [0.2, 0.25) is 0 Å². The van der Waals surface area contributed by atoms with Gasteiger partial charge in [0.15, 0.2) is 28.8 Å². The summed E-state index contributed by atoms with van der Waals surface area (Å²) in [4.78, 5) is 10.2. The maximum Gasteiger partial charge on any atom is 0.170 e. The molecule has 12 rings (SSSR count). The average Bonchev–Trinajstić information content (AvgIpc) is 3.74. The molecule has 0 radical (unpaired) electrons. The van der Waals surface area contributed by atoms with Gasteiger partial charge in [-0.05, 0) is 116 Å². The van der Waals surface area contributed by atoms with Gasteiger partial charge >= 0.3 is 0 Å². The number of para-hydroxylation sites is 2. The maximum absolute atomic E-state index is 6.56. The number of nitrogens with zero attached hydrogens (tertiary/aromatic N) is 2. The molecule has 2 heterocycles. The van der Waals surface area contributed by atoms with E-state index in [1.165, 1.54) is 38.9 Å². The van der Waals surface area contributed by atoms with Gasteiger partial charge in [0.1, 0.15) is 0 Å². The molecule has 9 aromatic rings. The van der Waals surface area contributed by atoms with E-state index < -0.39 is 5.41 Å². The smallest absolute Gasteiger partial charge is 0.170 e. The highest BCUT2D eigenvalue weighted by atomic mass is 16.6. The van der Waals surface area contributed by atoms with Crippen LogP contribution in [-0.2, 0) is 5.41 Å². The Morgan fingerprint density at radius 1 is 0.368 bits per heavy atom. The van der Waals surface area contributed by atoms with Crippen molar-refractivity contribution in [1.82, 2.24) is 9.97 Å². The van der Waals surface area contributed by atoms with Gasteiger partial charge in [-0.3, -0.25) is 0 Å². The molecule has 8 aromatic carbocycles. The molecule has 1 spiro atoms. The van der Waals surface area contributed by atoms with Gasteiger partial charge in [-0.1, -0.05) is 133 Å². The minimum atomic E-state index is -0.563. The van der Waals surface area contributed by atoms with E-state index >= 15 is 0 Å².